The summed E-state index contributed by atoms with van der Waals surface area (Å²) >= 11 is 0. The Morgan fingerprint density at radius 3 is 0.708 bits per heavy atom. The van der Waals surface area contributed by atoms with Crippen LogP contribution in [0.4, 0.5) is 0 Å². The molecule has 0 spiro atoms. The molecule has 0 radical (unpaired) electrons. The van der Waals surface area contributed by atoms with Crippen LogP contribution in [0.1, 0.15) is 153 Å². The number of hydrogen-bond donors (Lipinski definition) is 3. The van der Waals surface area contributed by atoms with E-state index < -0.39 is 17.9 Å². The minimum Gasteiger partial charge on any atom is -0.479 e. The van der Waals surface area contributed by atoms with E-state index in [1.165, 1.54) is 12.1 Å². The van der Waals surface area contributed by atoms with Crippen molar-refractivity contribution in [3.8, 4) is 0 Å². The smallest absolute Gasteiger partial charge is 0.335 e. The molecule has 0 bridgehead atoms. The Morgan fingerprint density at radius 1 is 0.396 bits per heavy atom. The summed E-state index contributed by atoms with van der Waals surface area (Å²) in [6.07, 6.45) is 0. The fourth-order valence-corrected chi connectivity index (χ4v) is 1.92. The Morgan fingerprint density at radius 2 is 0.562 bits per heavy atom. The van der Waals surface area contributed by atoms with Gasteiger partial charge < -0.3 is 22.7 Å². The number of rotatable bonds is 3. The molecule has 0 fully saturated rings. The maximum atomic E-state index is 10.3. The third-order valence-corrected chi connectivity index (χ3v) is 3.56. The molecule has 48 heavy (non-hydrogen) atoms. The summed E-state index contributed by atoms with van der Waals surface area (Å²) in [5.41, 5.74) is 3.12. The van der Waals surface area contributed by atoms with Crippen LogP contribution in [0.3, 0.4) is 0 Å². The molecule has 0 unspecified atom stereocenters. The predicted molar refractivity (Wildman–Crippen MR) is 206 cm³/mol. The monoisotopic (exact) mass is 1020 g/mol. The summed E-state index contributed by atoms with van der Waals surface area (Å²) in [6.45, 7) is 35.8. The molecule has 0 saturated heterocycles. The average molecular weight is 1020 g/mol. The van der Waals surface area contributed by atoms with Crippen molar-refractivity contribution >= 4 is 17.9 Å². The number of carboxylic acids is 3. The molecule has 0 amide bonds. The number of aromatic carboxylic acids is 3. The van der Waals surface area contributed by atoms with Crippen LogP contribution in [0.15, 0.2) is 72.8 Å². The van der Waals surface area contributed by atoms with Crippen LogP contribution in [-0.4, -0.2) is 33.2 Å². The van der Waals surface area contributed by atoms with Gasteiger partial charge in [0.2, 0.25) is 0 Å². The average Bonchev–Trinajstić information content (AvgIpc) is 3.13. The Hall–Kier alpha value is -2.55. The van der Waals surface area contributed by atoms with Crippen molar-refractivity contribution in [2.75, 3.05) is 0 Å². The van der Waals surface area contributed by atoms with E-state index in [4.69, 9.17) is 15.3 Å². The van der Waals surface area contributed by atoms with Gasteiger partial charge >= 0.3 is 17.9 Å². The van der Waals surface area contributed by atoms with Crippen molar-refractivity contribution in [1.29, 1.82) is 0 Å². The zero-order valence-corrected chi connectivity index (χ0v) is 39.7. The maximum absolute atomic E-state index is 10.3. The molecule has 0 heterocycles. The van der Waals surface area contributed by atoms with Crippen LogP contribution >= 0.6 is 0 Å². The summed E-state index contributed by atoms with van der Waals surface area (Å²) in [5, 5.41) is 25.3. The number of benzene rings is 3. The van der Waals surface area contributed by atoms with E-state index in [-0.39, 0.29) is 49.6 Å². The van der Waals surface area contributed by atoms with Crippen LogP contribution in [0.25, 0.3) is 0 Å². The normalized spacial score (nSPS) is 6.54. The zero-order valence-electron chi connectivity index (χ0n) is 33.8. The van der Waals surface area contributed by atoms with Gasteiger partial charge in [-0.1, -0.05) is 146 Å². The molecule has 6 nitrogen and oxygen atoms in total. The van der Waals surface area contributed by atoms with Gasteiger partial charge in [-0.2, -0.15) is 30.3 Å². The molecule has 3 N–H and O–H groups in total. The minimum absolute atomic E-state index is 0. The van der Waals surface area contributed by atoms with Crippen LogP contribution < -0.4 is 0 Å². The Bertz CT molecular complexity index is 890. The summed E-state index contributed by atoms with van der Waals surface area (Å²) in [6, 6.07) is 22.4. The minimum atomic E-state index is -0.899. The van der Waals surface area contributed by atoms with Gasteiger partial charge in [-0.3, -0.25) is 0 Å². The van der Waals surface area contributed by atoms with Gasteiger partial charge in [0.25, 0.3) is 0 Å². The summed E-state index contributed by atoms with van der Waals surface area (Å²) in [5.74, 6) is -2.65. The third kappa shape index (κ3) is 55.8. The second kappa shape index (κ2) is 70.7. The fraction of sp³-hybridized carbons (Fsp3) is 0.450. The van der Waals surface area contributed by atoms with Crippen LogP contribution in [0.2, 0.25) is 0 Å². The van der Waals surface area contributed by atoms with Crippen molar-refractivity contribution < 1.29 is 71.8 Å². The molecule has 282 valence electrons. The number of carboxylic acid groups (broad SMARTS) is 3. The topological polar surface area (TPSA) is 112 Å². The van der Waals surface area contributed by atoms with Gasteiger partial charge in [0.05, 0.1) is 11.1 Å². The molecule has 0 aromatic heterocycles. The molecule has 0 atom stereocenters. The maximum Gasteiger partial charge on any atom is 0.335 e. The molecule has 3 rings (SSSR count). The van der Waals surface area contributed by atoms with Crippen molar-refractivity contribution in [2.24, 2.45) is 0 Å². The van der Waals surface area contributed by atoms with E-state index in [0.29, 0.717) is 16.7 Å². The molecule has 0 aliphatic rings. The van der Waals surface area contributed by atoms with Gasteiger partial charge in [0.15, 0.2) is 0 Å². The van der Waals surface area contributed by atoms with Crippen molar-refractivity contribution in [3.05, 3.63) is 114 Å². The van der Waals surface area contributed by atoms with E-state index >= 15 is 0 Å². The molecular weight excluding hydrogens is 944 g/mol. The van der Waals surface area contributed by atoms with Gasteiger partial charge in [0.1, 0.15) is 0 Å². The van der Waals surface area contributed by atoms with E-state index in [9.17, 15) is 14.4 Å². The molecule has 0 aliphatic carbocycles. The first-order valence-corrected chi connectivity index (χ1v) is 16.5. The first-order chi connectivity index (χ1) is 21.7. The van der Waals surface area contributed by atoms with Crippen molar-refractivity contribution in [3.63, 3.8) is 0 Å². The van der Waals surface area contributed by atoms with Crippen LogP contribution in [-0.2, 0) is 42.1 Å². The van der Waals surface area contributed by atoms with Gasteiger partial charge in [-0.15, -0.1) is 0 Å². The van der Waals surface area contributed by atoms with E-state index in [1.54, 1.807) is 60.7 Å². The van der Waals surface area contributed by atoms with E-state index in [2.05, 4.69) is 6.07 Å². The SMILES string of the molecule is CC.CC.CC.CC.CC.CC.CC.CC.Cc1ccc(C(=O)O)cc1.Cc1ccc(C(=O)O)cc1.O=C(O)c1cc[c-]cc1.[CH3-].[W].[W]. The Kier molecular flexibility index (Phi) is 111. The number of aryl methyl sites for hydroxylation is 2. The largest absolute Gasteiger partial charge is 0.479 e. The predicted octanol–water partition coefficient (Wildman–Crippen LogP) is 13.2. The molecule has 8 heteroatoms. The van der Waals surface area contributed by atoms with Gasteiger partial charge in [-0.25, -0.2) is 14.4 Å². The van der Waals surface area contributed by atoms with Crippen molar-refractivity contribution in [1.82, 2.24) is 0 Å². The summed E-state index contributed by atoms with van der Waals surface area (Å²) in [7, 11) is 0. The first kappa shape index (κ1) is 75.7. The number of carbonyl (C=O) groups is 3. The number of hydrogen-bond acceptors (Lipinski definition) is 3. The second-order valence-electron chi connectivity index (χ2n) is 5.94. The van der Waals surface area contributed by atoms with Crippen molar-refractivity contribution in [2.45, 2.75) is 125 Å². The zero-order chi connectivity index (χ0) is 37.8. The van der Waals surface area contributed by atoms with Crippen LogP contribution in [0.5, 0.6) is 0 Å². The molecule has 3 aromatic carbocycles. The van der Waals surface area contributed by atoms with E-state index in [1.807, 2.05) is 125 Å². The van der Waals surface area contributed by atoms with E-state index in [0.717, 1.165) is 11.1 Å². The summed E-state index contributed by atoms with van der Waals surface area (Å²) < 4.78 is 0. The second-order valence-corrected chi connectivity index (χ2v) is 5.94. The first-order valence-electron chi connectivity index (χ1n) is 16.5. The Labute approximate surface area is 326 Å². The molecule has 0 aliphatic heterocycles. The fourth-order valence-electron chi connectivity index (χ4n) is 1.92. The molecule has 0 saturated carbocycles. The third-order valence-electron chi connectivity index (χ3n) is 3.56. The standard InChI is InChI=1S/2C8H8O2.C7H5O2.8C2H6.CH3.2W/c2*1-6-2-4-7(5-3-6)8(9)10;8-7(9)6-4-2-1-3-5-6;8*1-2;;;/h2*2-5H,1H3,(H,9,10);2-5H,(H,8,9);8*1-2H3;1H3;;/q;;-1;;;;;;;;;-1;;. The van der Waals surface area contributed by atoms with Gasteiger partial charge in [0, 0.05) is 42.1 Å². The Balaban J connectivity index is -0.0000000383. The summed E-state index contributed by atoms with van der Waals surface area (Å²) in [4.78, 5) is 30.8. The molecule has 3 aromatic rings. The van der Waals surface area contributed by atoms with Crippen LogP contribution in [0, 0.1) is 27.3 Å². The van der Waals surface area contributed by atoms with Gasteiger partial charge in [-0.05, 0) is 43.7 Å². The quantitative estimate of drug-likeness (QED) is 0.225. The molecular formula is C40H72O6W2-2.